The Morgan fingerprint density at radius 1 is 1.24 bits per heavy atom. The van der Waals surface area contributed by atoms with Gasteiger partial charge in [0.05, 0.1) is 22.5 Å². The van der Waals surface area contributed by atoms with E-state index in [1.165, 1.54) is 30.8 Å². The summed E-state index contributed by atoms with van der Waals surface area (Å²) in [4.78, 5) is 23.6. The third-order valence-electron chi connectivity index (χ3n) is 2.84. The molecule has 0 heterocycles. The fraction of sp³-hybridized carbons (Fsp3) is 0.133. The highest BCUT2D eigenvalue weighted by Gasteiger charge is 2.18. The van der Waals surface area contributed by atoms with Gasteiger partial charge in [0.15, 0.2) is 5.78 Å². The van der Waals surface area contributed by atoms with Gasteiger partial charge >= 0.3 is 0 Å². The molecule has 6 heteroatoms. The first-order valence-corrected chi connectivity index (χ1v) is 6.95. The van der Waals surface area contributed by atoms with Crippen LogP contribution in [0.25, 0.3) is 0 Å². The van der Waals surface area contributed by atoms with Gasteiger partial charge in [-0.25, -0.2) is 0 Å². The van der Waals surface area contributed by atoms with Gasteiger partial charge < -0.3 is 4.74 Å². The van der Waals surface area contributed by atoms with Crippen LogP contribution in [-0.2, 0) is 0 Å². The van der Waals surface area contributed by atoms with Gasteiger partial charge in [-0.15, -0.1) is 0 Å². The topological polar surface area (TPSA) is 69.4 Å². The Morgan fingerprint density at radius 3 is 2.57 bits per heavy atom. The van der Waals surface area contributed by atoms with Crippen molar-refractivity contribution in [1.29, 1.82) is 0 Å². The van der Waals surface area contributed by atoms with Crippen LogP contribution in [0.5, 0.6) is 5.75 Å². The predicted molar refractivity (Wildman–Crippen MR) is 80.2 cm³/mol. The summed E-state index contributed by atoms with van der Waals surface area (Å²) in [5.41, 5.74) is -0.0632. The summed E-state index contributed by atoms with van der Waals surface area (Å²) < 4.78 is 5.26. The lowest BCUT2D eigenvalue weighted by Gasteiger charge is -2.08. The minimum absolute atomic E-state index is 0.111. The van der Waals surface area contributed by atoms with Crippen molar-refractivity contribution in [3.05, 3.63) is 58.1 Å². The van der Waals surface area contributed by atoms with E-state index < -0.39 is 4.92 Å². The molecule has 2 rings (SSSR count). The molecule has 0 atom stereocenters. The maximum Gasteiger partial charge on any atom is 0.280 e. The highest BCUT2D eigenvalue weighted by molar-refractivity contribution is 7.99. The molecular formula is C15H13NO4S. The number of nitrogens with zero attached hydrogens (tertiary/aromatic N) is 1. The Kier molecular flexibility index (Phi) is 4.59. The lowest BCUT2D eigenvalue weighted by Crippen LogP contribution is -2.00. The summed E-state index contributed by atoms with van der Waals surface area (Å²) in [5.74, 6) is 0.384. The minimum atomic E-state index is -0.547. The van der Waals surface area contributed by atoms with Crippen molar-refractivity contribution in [2.24, 2.45) is 0 Å². The molecule has 108 valence electrons. The summed E-state index contributed by atoms with van der Waals surface area (Å²) in [5, 5.41) is 10.9. The van der Waals surface area contributed by atoms with Crippen molar-refractivity contribution in [3.8, 4) is 5.75 Å². The number of para-hydroxylation sites is 1. The SMILES string of the molecule is COc1ccccc1Sc1ccc([N+](=O)[O-])c(C(C)=O)c1. The highest BCUT2D eigenvalue weighted by Crippen LogP contribution is 2.36. The normalized spacial score (nSPS) is 10.2. The first-order chi connectivity index (χ1) is 10.0. The molecule has 0 amide bonds. The molecule has 5 nitrogen and oxygen atoms in total. The van der Waals surface area contributed by atoms with Gasteiger partial charge in [0.2, 0.25) is 0 Å². The molecule has 0 bridgehead atoms. The number of hydrogen-bond acceptors (Lipinski definition) is 5. The number of ketones is 1. The van der Waals surface area contributed by atoms with Crippen molar-refractivity contribution in [3.63, 3.8) is 0 Å². The highest BCUT2D eigenvalue weighted by atomic mass is 32.2. The molecule has 0 radical (unpaired) electrons. The first kappa shape index (κ1) is 15.1. The quantitative estimate of drug-likeness (QED) is 0.475. The van der Waals surface area contributed by atoms with Crippen LogP contribution in [0, 0.1) is 10.1 Å². The van der Waals surface area contributed by atoms with E-state index in [0.29, 0.717) is 5.75 Å². The number of methoxy groups -OCH3 is 1. The number of nitro benzene ring substituents is 1. The Morgan fingerprint density at radius 2 is 1.95 bits per heavy atom. The van der Waals surface area contributed by atoms with Gasteiger partial charge in [-0.2, -0.15) is 0 Å². The largest absolute Gasteiger partial charge is 0.496 e. The number of carbonyl (C=O) groups excluding carboxylic acids is 1. The molecule has 21 heavy (non-hydrogen) atoms. The smallest absolute Gasteiger partial charge is 0.280 e. The van der Waals surface area contributed by atoms with Gasteiger partial charge in [0, 0.05) is 11.0 Å². The van der Waals surface area contributed by atoms with Gasteiger partial charge in [0.25, 0.3) is 5.69 Å². The second-order valence-corrected chi connectivity index (χ2v) is 5.36. The summed E-state index contributed by atoms with van der Waals surface area (Å²) in [6.45, 7) is 1.32. The number of carbonyl (C=O) groups is 1. The minimum Gasteiger partial charge on any atom is -0.496 e. The monoisotopic (exact) mass is 303 g/mol. The van der Waals surface area contributed by atoms with Crippen LogP contribution in [-0.4, -0.2) is 17.8 Å². The third-order valence-corrected chi connectivity index (χ3v) is 3.89. The molecule has 0 fully saturated rings. The second kappa shape index (κ2) is 6.41. The number of hydrogen-bond donors (Lipinski definition) is 0. The van der Waals surface area contributed by atoms with Crippen LogP contribution in [0.15, 0.2) is 52.3 Å². The van der Waals surface area contributed by atoms with Crippen LogP contribution >= 0.6 is 11.8 Å². The maximum atomic E-state index is 11.6. The lowest BCUT2D eigenvalue weighted by atomic mass is 10.1. The van der Waals surface area contributed by atoms with E-state index in [1.54, 1.807) is 13.2 Å². The van der Waals surface area contributed by atoms with Crippen LogP contribution in [0.1, 0.15) is 17.3 Å². The van der Waals surface area contributed by atoms with Crippen molar-refractivity contribution < 1.29 is 14.5 Å². The standard InChI is InChI=1S/C15H13NO4S/c1-10(17)12-9-11(7-8-13(12)16(18)19)21-15-6-4-3-5-14(15)20-2/h3-9H,1-2H3. The van der Waals surface area contributed by atoms with Gasteiger partial charge in [0.1, 0.15) is 5.75 Å². The zero-order valence-corrected chi connectivity index (χ0v) is 12.3. The van der Waals surface area contributed by atoms with E-state index in [-0.39, 0.29) is 17.0 Å². The van der Waals surface area contributed by atoms with Crippen LogP contribution in [0.3, 0.4) is 0 Å². The predicted octanol–water partition coefficient (Wildman–Crippen LogP) is 3.96. The number of Topliss-reactive ketones (excluding diaryl/α,β-unsaturated/α-hetero) is 1. The Labute approximate surface area is 126 Å². The molecule has 0 aliphatic rings. The summed E-state index contributed by atoms with van der Waals surface area (Å²) in [7, 11) is 1.58. The third kappa shape index (κ3) is 3.41. The van der Waals surface area contributed by atoms with Crippen molar-refractivity contribution in [1.82, 2.24) is 0 Å². The van der Waals surface area contributed by atoms with Gasteiger partial charge in [-0.3, -0.25) is 14.9 Å². The Bertz CT molecular complexity index is 700. The molecule has 0 aliphatic carbocycles. The maximum absolute atomic E-state index is 11.6. The fourth-order valence-electron chi connectivity index (χ4n) is 1.85. The zero-order chi connectivity index (χ0) is 15.4. The average molecular weight is 303 g/mol. The molecule has 0 aliphatic heterocycles. The summed E-state index contributed by atoms with van der Waals surface area (Å²) in [6, 6.07) is 12.0. The molecule has 2 aromatic rings. The van der Waals surface area contributed by atoms with E-state index in [1.807, 2.05) is 24.3 Å². The molecule has 0 spiro atoms. The van der Waals surface area contributed by atoms with E-state index in [2.05, 4.69) is 0 Å². The number of benzene rings is 2. The summed E-state index contributed by atoms with van der Waals surface area (Å²) >= 11 is 1.39. The van der Waals surface area contributed by atoms with Crippen LogP contribution < -0.4 is 4.74 Å². The molecule has 2 aromatic carbocycles. The number of nitro groups is 1. The van der Waals surface area contributed by atoms with Crippen LogP contribution in [0.4, 0.5) is 5.69 Å². The summed E-state index contributed by atoms with van der Waals surface area (Å²) in [6.07, 6.45) is 0. The van der Waals surface area contributed by atoms with Gasteiger partial charge in [-0.05, 0) is 31.2 Å². The van der Waals surface area contributed by atoms with Crippen molar-refractivity contribution in [2.75, 3.05) is 7.11 Å². The molecule has 0 saturated heterocycles. The van der Waals surface area contributed by atoms with E-state index in [0.717, 1.165) is 9.79 Å². The van der Waals surface area contributed by atoms with Crippen LogP contribution in [0.2, 0.25) is 0 Å². The zero-order valence-electron chi connectivity index (χ0n) is 11.5. The van der Waals surface area contributed by atoms with E-state index in [9.17, 15) is 14.9 Å². The fourth-order valence-corrected chi connectivity index (χ4v) is 2.82. The lowest BCUT2D eigenvalue weighted by molar-refractivity contribution is -0.385. The molecular weight excluding hydrogens is 290 g/mol. The molecule has 0 N–H and O–H groups in total. The second-order valence-electron chi connectivity index (χ2n) is 4.25. The van der Waals surface area contributed by atoms with E-state index >= 15 is 0 Å². The number of rotatable bonds is 5. The van der Waals surface area contributed by atoms with E-state index in [4.69, 9.17) is 4.74 Å². The molecule has 0 unspecified atom stereocenters. The Balaban J connectivity index is 2.39. The molecule has 0 aromatic heterocycles. The Hall–Kier alpha value is -2.34. The van der Waals surface area contributed by atoms with Crippen molar-refractivity contribution >= 4 is 23.2 Å². The average Bonchev–Trinajstić information content (AvgIpc) is 2.47. The number of ether oxygens (including phenoxy) is 1. The first-order valence-electron chi connectivity index (χ1n) is 6.13. The van der Waals surface area contributed by atoms with Gasteiger partial charge in [-0.1, -0.05) is 23.9 Å². The van der Waals surface area contributed by atoms with Crippen molar-refractivity contribution in [2.45, 2.75) is 16.7 Å². The molecule has 0 saturated carbocycles.